The van der Waals surface area contributed by atoms with E-state index in [9.17, 15) is 10.5 Å². The zero-order valence-corrected chi connectivity index (χ0v) is 28.2. The van der Waals surface area contributed by atoms with Gasteiger partial charge in [0, 0.05) is 0 Å². The standard InChI is InChI=1S/C36H38N4Se2/c1-5-7-9-11-13-15-17-25-19-29-27-21-32(34(24-38)40-4)36-30(20-26(42-36)18-16-14-12-10-8-6-2)28(27)22-31(35(29)41-25)33(23-37)39-3/h19-22H,5-18H2,1-2H3/b33-31-,34-32+. The summed E-state index contributed by atoms with van der Waals surface area (Å²) < 4.78 is 5.03. The maximum absolute atomic E-state index is 9.89. The Bertz CT molecular complexity index is 1690. The SMILES string of the molecule is [C-]#[N+]/C(C#N)=c1/cc2c3cc(CCCCCCCC)[se]c3/c(=C(\C#N)[N+]#[C-])cc2c2cc(CCCCCCCC)[se]c12. The zero-order valence-electron chi connectivity index (χ0n) is 24.8. The van der Waals surface area contributed by atoms with Crippen molar-refractivity contribution in [2.45, 2.75) is 104 Å². The first-order chi connectivity index (χ1) is 20.6. The molecule has 0 atom stereocenters. The Kier molecular flexibility index (Phi) is 12.1. The van der Waals surface area contributed by atoms with Gasteiger partial charge in [0.1, 0.15) is 0 Å². The van der Waals surface area contributed by atoms with Crippen molar-refractivity contribution in [3.63, 3.8) is 0 Å². The molecule has 0 saturated heterocycles. The molecule has 0 unspecified atom stereocenters. The molecule has 0 N–H and O–H groups in total. The van der Waals surface area contributed by atoms with Gasteiger partial charge in [0.2, 0.25) is 0 Å². The molecule has 2 aromatic carbocycles. The van der Waals surface area contributed by atoms with Gasteiger partial charge in [-0.2, -0.15) is 0 Å². The molecule has 214 valence electrons. The van der Waals surface area contributed by atoms with E-state index in [4.69, 9.17) is 13.1 Å². The molecule has 0 saturated carbocycles. The number of hydrogen-bond acceptors (Lipinski definition) is 2. The van der Waals surface area contributed by atoms with E-state index >= 15 is 0 Å². The third-order valence-electron chi connectivity index (χ3n) is 8.00. The molecule has 42 heavy (non-hydrogen) atoms. The van der Waals surface area contributed by atoms with Crippen molar-refractivity contribution in [2.24, 2.45) is 0 Å². The average Bonchev–Trinajstić information content (AvgIpc) is 3.63. The number of fused-ring (bicyclic) bond motifs is 5. The number of rotatable bonds is 14. The first-order valence-electron chi connectivity index (χ1n) is 15.3. The predicted octanol–water partition coefficient (Wildman–Crippen LogP) is 8.17. The molecule has 0 amide bonds. The molecular weight excluding hydrogens is 646 g/mol. The van der Waals surface area contributed by atoms with Gasteiger partial charge in [-0.05, 0) is 0 Å². The van der Waals surface area contributed by atoms with E-state index in [1.54, 1.807) is 0 Å². The Balaban J connectivity index is 1.88. The molecule has 0 spiro atoms. The molecule has 0 aliphatic heterocycles. The van der Waals surface area contributed by atoms with E-state index in [1.807, 2.05) is 0 Å². The average molecular weight is 685 g/mol. The van der Waals surface area contributed by atoms with Gasteiger partial charge < -0.3 is 0 Å². The van der Waals surface area contributed by atoms with Gasteiger partial charge in [0.15, 0.2) is 0 Å². The van der Waals surface area contributed by atoms with Gasteiger partial charge in [0.25, 0.3) is 0 Å². The van der Waals surface area contributed by atoms with E-state index in [0.29, 0.717) is 0 Å². The summed E-state index contributed by atoms with van der Waals surface area (Å²) in [5, 5.41) is 25.6. The molecule has 4 rings (SSSR count). The van der Waals surface area contributed by atoms with Gasteiger partial charge in [0.05, 0.1) is 0 Å². The molecular formula is C36H38N4Se2. The Morgan fingerprint density at radius 1 is 0.595 bits per heavy atom. The second kappa shape index (κ2) is 16.0. The number of aryl methyl sites for hydroxylation is 2. The molecule has 0 aliphatic carbocycles. The molecule has 2 aromatic heterocycles. The van der Waals surface area contributed by atoms with Crippen molar-refractivity contribution in [3.05, 3.63) is 66.4 Å². The van der Waals surface area contributed by atoms with Crippen molar-refractivity contribution >= 4 is 70.5 Å². The zero-order chi connectivity index (χ0) is 29.9. The van der Waals surface area contributed by atoms with Crippen LogP contribution in [0.15, 0.2) is 24.3 Å². The maximum atomic E-state index is 9.89. The normalized spacial score (nSPS) is 12.6. The quantitative estimate of drug-likeness (QED) is 0.0765. The van der Waals surface area contributed by atoms with Gasteiger partial charge in [-0.3, -0.25) is 0 Å². The van der Waals surface area contributed by atoms with E-state index in [0.717, 1.165) is 66.2 Å². The van der Waals surface area contributed by atoms with E-state index in [2.05, 4.69) is 59.9 Å². The Morgan fingerprint density at radius 3 is 1.33 bits per heavy atom. The van der Waals surface area contributed by atoms with Gasteiger partial charge in [-0.15, -0.1) is 0 Å². The summed E-state index contributed by atoms with van der Waals surface area (Å²) in [5.74, 6) is 0. The molecule has 6 heteroatoms. The van der Waals surface area contributed by atoms with Crippen LogP contribution in [0.4, 0.5) is 0 Å². The van der Waals surface area contributed by atoms with Crippen molar-refractivity contribution in [2.75, 3.05) is 0 Å². The summed E-state index contributed by atoms with van der Waals surface area (Å²) >= 11 is 0.108. The molecule has 2 heterocycles. The fraction of sp³-hybridized carbons (Fsp3) is 0.444. The van der Waals surface area contributed by atoms with Crippen LogP contribution >= 0.6 is 0 Å². The summed E-state index contributed by atoms with van der Waals surface area (Å²) in [7, 11) is 0. The summed E-state index contributed by atoms with van der Waals surface area (Å²) in [6.07, 6.45) is 17.1. The third kappa shape index (κ3) is 7.27. The van der Waals surface area contributed by atoms with Crippen LogP contribution in [0, 0.1) is 35.8 Å². The van der Waals surface area contributed by atoms with Crippen LogP contribution in [0.2, 0.25) is 0 Å². The van der Waals surface area contributed by atoms with Crippen LogP contribution in [0.3, 0.4) is 0 Å². The molecule has 0 radical (unpaired) electrons. The van der Waals surface area contributed by atoms with Gasteiger partial charge >= 0.3 is 263 Å². The minimum absolute atomic E-state index is 0.0541. The Hall–Kier alpha value is -3.08. The minimum atomic E-state index is 0.0541. The van der Waals surface area contributed by atoms with Crippen LogP contribution < -0.4 is 10.4 Å². The number of benzene rings is 2. The summed E-state index contributed by atoms with van der Waals surface area (Å²) in [6, 6.07) is 13.1. The second-order valence-electron chi connectivity index (χ2n) is 11.0. The van der Waals surface area contributed by atoms with Gasteiger partial charge in [-0.25, -0.2) is 0 Å². The van der Waals surface area contributed by atoms with Crippen molar-refractivity contribution < 1.29 is 0 Å². The Labute approximate surface area is 262 Å². The fourth-order valence-corrected chi connectivity index (χ4v) is 10.9. The molecule has 4 aromatic rings. The number of unbranched alkanes of at least 4 members (excludes halogenated alkanes) is 10. The molecule has 0 bridgehead atoms. The number of nitriles is 2. The third-order valence-corrected chi connectivity index (χ3v) is 13.2. The summed E-state index contributed by atoms with van der Waals surface area (Å²) in [4.78, 5) is 7.27. The van der Waals surface area contributed by atoms with Crippen LogP contribution in [0.5, 0.6) is 0 Å². The number of nitrogens with zero attached hydrogens (tertiary/aromatic N) is 4. The number of hydrogen-bond donors (Lipinski definition) is 0. The first kappa shape index (κ1) is 31.8. The fourth-order valence-electron chi connectivity index (χ4n) is 5.75. The van der Waals surface area contributed by atoms with E-state index in [-0.39, 0.29) is 40.4 Å². The monoisotopic (exact) mass is 686 g/mol. The van der Waals surface area contributed by atoms with Gasteiger partial charge in [-0.1, -0.05) is 0 Å². The molecule has 4 nitrogen and oxygen atoms in total. The van der Waals surface area contributed by atoms with Crippen molar-refractivity contribution in [1.29, 1.82) is 10.5 Å². The van der Waals surface area contributed by atoms with Crippen LogP contribution in [0.1, 0.15) is 99.8 Å². The Morgan fingerprint density at radius 2 is 0.976 bits per heavy atom. The second-order valence-corrected chi connectivity index (χ2v) is 15.8. The molecule has 0 aliphatic rings. The van der Waals surface area contributed by atoms with Crippen LogP contribution in [-0.4, -0.2) is 29.0 Å². The van der Waals surface area contributed by atoms with Crippen molar-refractivity contribution in [3.8, 4) is 12.1 Å². The summed E-state index contributed by atoms with van der Waals surface area (Å²) in [5.41, 5.74) is 0.319. The molecule has 0 fully saturated rings. The van der Waals surface area contributed by atoms with Crippen LogP contribution in [0.25, 0.3) is 51.1 Å². The van der Waals surface area contributed by atoms with E-state index in [1.165, 1.54) is 73.1 Å². The summed E-state index contributed by atoms with van der Waals surface area (Å²) in [6.45, 7) is 20.0. The van der Waals surface area contributed by atoms with Crippen molar-refractivity contribution in [1.82, 2.24) is 0 Å². The predicted molar refractivity (Wildman–Crippen MR) is 177 cm³/mol. The van der Waals surface area contributed by atoms with Crippen LogP contribution in [-0.2, 0) is 12.8 Å². The topological polar surface area (TPSA) is 56.3 Å². The first-order valence-corrected chi connectivity index (χ1v) is 18.8. The van der Waals surface area contributed by atoms with E-state index < -0.39 is 0 Å².